The molecule has 0 unspecified atom stereocenters. The molecule has 0 bridgehead atoms. The van der Waals surface area contributed by atoms with E-state index in [4.69, 9.17) is 4.74 Å². The van der Waals surface area contributed by atoms with Crippen molar-refractivity contribution in [1.29, 1.82) is 0 Å². The van der Waals surface area contributed by atoms with Crippen LogP contribution in [-0.4, -0.2) is 67.9 Å². The maximum Gasteiger partial charge on any atom is 0.408 e. The van der Waals surface area contributed by atoms with Crippen LogP contribution in [0.15, 0.2) is 4.99 Å². The summed E-state index contributed by atoms with van der Waals surface area (Å²) in [6.45, 7) is 14.7. The van der Waals surface area contributed by atoms with Gasteiger partial charge in [0.15, 0.2) is 5.96 Å². The maximum absolute atomic E-state index is 12.0. The number of unbranched alkanes of at least 4 members (excludes halogenated alkanes) is 2. The van der Waals surface area contributed by atoms with Crippen LogP contribution in [-0.2, 0) is 4.74 Å². The molecular weight excluding hydrogens is 354 g/mol. The number of alkyl carbamates (subject to hydrolysis) is 1. The lowest BCUT2D eigenvalue weighted by molar-refractivity contribution is 0.0474. The molecule has 0 aromatic heterocycles. The van der Waals surface area contributed by atoms with Gasteiger partial charge in [0.05, 0.1) is 5.54 Å². The third-order valence-electron chi connectivity index (χ3n) is 4.65. The lowest BCUT2D eigenvalue weighted by Gasteiger charge is -2.29. The van der Waals surface area contributed by atoms with Crippen LogP contribution in [0.4, 0.5) is 4.79 Å². The third-order valence-corrected chi connectivity index (χ3v) is 4.65. The SMILES string of the molecule is CN=C(NCCCCCN1CCCCC1)NCC(C)(C)NC(=O)OC(C)(C)C. The first-order chi connectivity index (χ1) is 13.1. The van der Waals surface area contributed by atoms with Crippen molar-refractivity contribution in [3.63, 3.8) is 0 Å². The normalized spacial score (nSPS) is 16.6. The van der Waals surface area contributed by atoms with E-state index in [2.05, 4.69) is 25.8 Å². The molecule has 1 amide bonds. The summed E-state index contributed by atoms with van der Waals surface area (Å²) in [6.07, 6.45) is 7.35. The second kappa shape index (κ2) is 12.1. The van der Waals surface area contributed by atoms with Crippen LogP contribution in [0, 0.1) is 0 Å². The average Bonchev–Trinajstić information content (AvgIpc) is 2.59. The number of piperidine rings is 1. The molecule has 0 saturated carbocycles. The zero-order valence-corrected chi connectivity index (χ0v) is 19.0. The van der Waals surface area contributed by atoms with Crippen LogP contribution >= 0.6 is 0 Å². The van der Waals surface area contributed by atoms with Crippen molar-refractivity contribution >= 4 is 12.1 Å². The summed E-state index contributed by atoms with van der Waals surface area (Å²) >= 11 is 0. The number of hydrogen-bond donors (Lipinski definition) is 3. The number of ether oxygens (including phenoxy) is 1. The van der Waals surface area contributed by atoms with Crippen LogP contribution in [0.25, 0.3) is 0 Å². The number of likely N-dealkylation sites (tertiary alicyclic amines) is 1. The molecule has 0 spiro atoms. The molecule has 1 fully saturated rings. The van der Waals surface area contributed by atoms with Gasteiger partial charge in [-0.2, -0.15) is 0 Å². The van der Waals surface area contributed by atoms with Gasteiger partial charge >= 0.3 is 6.09 Å². The van der Waals surface area contributed by atoms with Crippen molar-refractivity contribution < 1.29 is 9.53 Å². The van der Waals surface area contributed by atoms with Crippen LogP contribution in [0.5, 0.6) is 0 Å². The van der Waals surface area contributed by atoms with Gasteiger partial charge < -0.3 is 25.6 Å². The van der Waals surface area contributed by atoms with Crippen molar-refractivity contribution in [1.82, 2.24) is 20.9 Å². The van der Waals surface area contributed by atoms with E-state index in [1.54, 1.807) is 7.05 Å². The Morgan fingerprint density at radius 3 is 2.29 bits per heavy atom. The fourth-order valence-electron chi connectivity index (χ4n) is 3.18. The van der Waals surface area contributed by atoms with E-state index in [-0.39, 0.29) is 0 Å². The van der Waals surface area contributed by atoms with Crippen LogP contribution in [0.3, 0.4) is 0 Å². The van der Waals surface area contributed by atoms with E-state index >= 15 is 0 Å². The van der Waals surface area contributed by atoms with E-state index in [1.807, 2.05) is 34.6 Å². The van der Waals surface area contributed by atoms with E-state index in [9.17, 15) is 4.79 Å². The number of nitrogens with one attached hydrogen (secondary N) is 3. The Labute approximate surface area is 172 Å². The number of carbonyl (C=O) groups is 1. The van der Waals surface area contributed by atoms with Gasteiger partial charge in [-0.25, -0.2) is 4.79 Å². The van der Waals surface area contributed by atoms with Gasteiger partial charge in [-0.15, -0.1) is 0 Å². The zero-order chi connectivity index (χ0) is 21.0. The van der Waals surface area contributed by atoms with Crippen LogP contribution in [0.2, 0.25) is 0 Å². The highest BCUT2D eigenvalue weighted by Crippen LogP contribution is 2.10. The summed E-state index contributed by atoms with van der Waals surface area (Å²) in [6, 6.07) is 0. The van der Waals surface area contributed by atoms with E-state index in [0.717, 1.165) is 18.9 Å². The largest absolute Gasteiger partial charge is 0.444 e. The fraction of sp³-hybridized carbons (Fsp3) is 0.905. The van der Waals surface area contributed by atoms with Crippen molar-refractivity contribution in [2.24, 2.45) is 4.99 Å². The topological polar surface area (TPSA) is 78.0 Å². The standard InChI is InChI=1S/C21H43N5O2/c1-20(2,3)28-19(27)25-21(4,5)17-24-18(22-6)23-13-9-7-10-14-26-15-11-8-12-16-26/h7-17H2,1-6H3,(H,25,27)(H2,22,23,24). The highest BCUT2D eigenvalue weighted by molar-refractivity contribution is 5.79. The molecule has 1 saturated heterocycles. The highest BCUT2D eigenvalue weighted by atomic mass is 16.6. The first kappa shape index (κ1) is 24.5. The van der Waals surface area contributed by atoms with Crippen LogP contribution in [0.1, 0.15) is 73.1 Å². The Bertz CT molecular complexity index is 480. The molecule has 0 aromatic rings. The molecular formula is C21H43N5O2. The van der Waals surface area contributed by atoms with E-state index in [1.165, 1.54) is 51.7 Å². The number of carbonyl (C=O) groups excluding carboxylic acids is 1. The number of amides is 1. The smallest absolute Gasteiger partial charge is 0.408 e. The summed E-state index contributed by atoms with van der Waals surface area (Å²) in [5.74, 6) is 0.759. The predicted octanol–water partition coefficient (Wildman–Crippen LogP) is 3.11. The lowest BCUT2D eigenvalue weighted by Crippen LogP contribution is -2.54. The molecule has 28 heavy (non-hydrogen) atoms. The molecule has 1 aliphatic rings. The minimum Gasteiger partial charge on any atom is -0.444 e. The first-order valence-electron chi connectivity index (χ1n) is 10.8. The number of hydrogen-bond acceptors (Lipinski definition) is 4. The second-order valence-electron chi connectivity index (χ2n) is 9.33. The van der Waals surface area contributed by atoms with Gasteiger partial charge in [-0.3, -0.25) is 4.99 Å². The minimum atomic E-state index is -0.501. The van der Waals surface area contributed by atoms with Crippen molar-refractivity contribution in [2.45, 2.75) is 84.3 Å². The number of rotatable bonds is 9. The van der Waals surface area contributed by atoms with Gasteiger partial charge in [0.2, 0.25) is 0 Å². The molecule has 1 rings (SSSR count). The lowest BCUT2D eigenvalue weighted by atomic mass is 10.1. The summed E-state index contributed by atoms with van der Waals surface area (Å²) in [5.41, 5.74) is -0.951. The Hall–Kier alpha value is -1.50. The Morgan fingerprint density at radius 2 is 1.68 bits per heavy atom. The first-order valence-corrected chi connectivity index (χ1v) is 10.8. The second-order valence-corrected chi connectivity index (χ2v) is 9.33. The van der Waals surface area contributed by atoms with Gasteiger partial charge in [0.25, 0.3) is 0 Å². The van der Waals surface area contributed by atoms with Crippen LogP contribution < -0.4 is 16.0 Å². The molecule has 1 heterocycles. The molecule has 3 N–H and O–H groups in total. The van der Waals surface area contributed by atoms with Crippen molar-refractivity contribution in [3.8, 4) is 0 Å². The van der Waals surface area contributed by atoms with Crippen molar-refractivity contribution in [2.75, 3.05) is 39.8 Å². The maximum atomic E-state index is 12.0. The van der Waals surface area contributed by atoms with Gasteiger partial charge in [-0.05, 0) is 79.9 Å². The van der Waals surface area contributed by atoms with E-state index in [0.29, 0.717) is 6.54 Å². The number of guanidine groups is 1. The summed E-state index contributed by atoms with van der Waals surface area (Å²) in [5, 5.41) is 9.53. The molecule has 1 aliphatic heterocycles. The monoisotopic (exact) mass is 397 g/mol. The average molecular weight is 398 g/mol. The minimum absolute atomic E-state index is 0.407. The molecule has 0 atom stereocenters. The predicted molar refractivity (Wildman–Crippen MR) is 117 cm³/mol. The van der Waals surface area contributed by atoms with E-state index < -0.39 is 17.2 Å². The number of nitrogens with zero attached hydrogens (tertiary/aromatic N) is 2. The van der Waals surface area contributed by atoms with Gasteiger partial charge in [0, 0.05) is 20.1 Å². The van der Waals surface area contributed by atoms with Gasteiger partial charge in [0.1, 0.15) is 5.60 Å². The Morgan fingerprint density at radius 1 is 1.00 bits per heavy atom. The van der Waals surface area contributed by atoms with Crippen molar-refractivity contribution in [3.05, 3.63) is 0 Å². The Balaban J connectivity index is 2.16. The molecule has 7 heteroatoms. The fourth-order valence-corrected chi connectivity index (χ4v) is 3.18. The summed E-state index contributed by atoms with van der Waals surface area (Å²) in [7, 11) is 1.76. The molecule has 7 nitrogen and oxygen atoms in total. The molecule has 0 radical (unpaired) electrons. The number of aliphatic imine (C=N–C) groups is 1. The van der Waals surface area contributed by atoms with Gasteiger partial charge in [-0.1, -0.05) is 12.8 Å². The quantitative estimate of drug-likeness (QED) is 0.317. The molecule has 0 aliphatic carbocycles. The summed E-state index contributed by atoms with van der Waals surface area (Å²) < 4.78 is 5.33. The summed E-state index contributed by atoms with van der Waals surface area (Å²) in [4.78, 5) is 18.8. The third kappa shape index (κ3) is 12.1. The molecule has 164 valence electrons. The molecule has 0 aromatic carbocycles. The zero-order valence-electron chi connectivity index (χ0n) is 19.0. The Kier molecular flexibility index (Phi) is 10.6. The highest BCUT2D eigenvalue weighted by Gasteiger charge is 2.24.